The highest BCUT2D eigenvalue weighted by atomic mass is 16.3. The van der Waals surface area contributed by atoms with Gasteiger partial charge < -0.3 is 14.9 Å². The second-order valence-corrected chi connectivity index (χ2v) is 8.51. The topological polar surface area (TPSA) is 26.7 Å². The van der Waals surface area contributed by atoms with Gasteiger partial charge in [-0.2, -0.15) is 0 Å². The van der Waals surface area contributed by atoms with Gasteiger partial charge in [-0.3, -0.25) is 0 Å². The van der Waals surface area contributed by atoms with E-state index in [1.54, 1.807) is 0 Å². The summed E-state index contributed by atoms with van der Waals surface area (Å²) >= 11 is 0. The minimum absolute atomic E-state index is 0.0802. The molecule has 4 unspecified atom stereocenters. The molecule has 1 aliphatic carbocycles. The third kappa shape index (κ3) is 4.43. The van der Waals surface area contributed by atoms with Crippen molar-refractivity contribution in [3.05, 3.63) is 0 Å². The maximum absolute atomic E-state index is 10.4. The van der Waals surface area contributed by atoms with Gasteiger partial charge in [0.2, 0.25) is 0 Å². The highest BCUT2D eigenvalue weighted by molar-refractivity contribution is 4.88. The number of aliphatic hydroxyl groups excluding tert-OH is 1. The average molecular weight is 296 g/mol. The first-order valence-electron chi connectivity index (χ1n) is 8.92. The van der Waals surface area contributed by atoms with Crippen LogP contribution in [0.3, 0.4) is 0 Å². The van der Waals surface area contributed by atoms with Gasteiger partial charge in [-0.05, 0) is 50.0 Å². The predicted molar refractivity (Wildman–Crippen MR) is 89.4 cm³/mol. The third-order valence-electron chi connectivity index (χ3n) is 5.99. The fourth-order valence-electron chi connectivity index (χ4n) is 4.18. The number of piperazine rings is 1. The van der Waals surface area contributed by atoms with Gasteiger partial charge in [0, 0.05) is 32.2 Å². The number of hydrogen-bond donors (Lipinski definition) is 1. The van der Waals surface area contributed by atoms with Crippen LogP contribution in [0.15, 0.2) is 0 Å². The molecule has 2 fully saturated rings. The Kier molecular flexibility index (Phi) is 5.72. The Hall–Kier alpha value is -0.120. The van der Waals surface area contributed by atoms with E-state index < -0.39 is 0 Å². The van der Waals surface area contributed by atoms with Crippen molar-refractivity contribution in [3.8, 4) is 0 Å². The highest BCUT2D eigenvalue weighted by Gasteiger charge is 2.36. The van der Waals surface area contributed by atoms with Gasteiger partial charge in [0.05, 0.1) is 6.10 Å². The number of likely N-dealkylation sites (N-methyl/N-ethyl adjacent to an activating group) is 1. The molecule has 0 aromatic carbocycles. The van der Waals surface area contributed by atoms with Crippen LogP contribution in [0.25, 0.3) is 0 Å². The molecule has 1 saturated carbocycles. The van der Waals surface area contributed by atoms with Gasteiger partial charge in [-0.15, -0.1) is 0 Å². The van der Waals surface area contributed by atoms with Crippen molar-refractivity contribution in [2.24, 2.45) is 17.3 Å². The van der Waals surface area contributed by atoms with Gasteiger partial charge >= 0.3 is 0 Å². The van der Waals surface area contributed by atoms with Crippen LogP contribution in [-0.4, -0.2) is 60.3 Å². The maximum Gasteiger partial charge on any atom is 0.0580 e. The average Bonchev–Trinajstić information content (AvgIpc) is 2.42. The second-order valence-electron chi connectivity index (χ2n) is 8.51. The molecule has 1 saturated heterocycles. The van der Waals surface area contributed by atoms with Crippen molar-refractivity contribution in [1.29, 1.82) is 0 Å². The Morgan fingerprint density at radius 2 is 1.86 bits per heavy atom. The molecule has 0 radical (unpaired) electrons. The second kappa shape index (κ2) is 6.97. The lowest BCUT2D eigenvalue weighted by atomic mass is 9.68. The van der Waals surface area contributed by atoms with E-state index in [1.165, 1.54) is 32.4 Å². The van der Waals surface area contributed by atoms with Crippen LogP contribution < -0.4 is 0 Å². The molecule has 0 spiro atoms. The first kappa shape index (κ1) is 17.2. The van der Waals surface area contributed by atoms with Crippen molar-refractivity contribution < 1.29 is 5.11 Å². The largest absolute Gasteiger partial charge is 0.393 e. The van der Waals surface area contributed by atoms with E-state index in [-0.39, 0.29) is 6.10 Å². The Morgan fingerprint density at radius 3 is 2.48 bits per heavy atom. The Bertz CT molecular complexity index is 326. The SMILES string of the molecule is CCC1CN(CC2CC(C(C)(C)C)CCC2O)CCN1C. The van der Waals surface area contributed by atoms with E-state index in [0.717, 1.165) is 25.4 Å². The lowest BCUT2D eigenvalue weighted by molar-refractivity contribution is -0.00927. The van der Waals surface area contributed by atoms with E-state index in [2.05, 4.69) is 44.5 Å². The molecule has 1 aliphatic heterocycles. The Morgan fingerprint density at radius 1 is 1.14 bits per heavy atom. The summed E-state index contributed by atoms with van der Waals surface area (Å²) in [6.45, 7) is 14.0. The first-order chi connectivity index (χ1) is 9.81. The summed E-state index contributed by atoms with van der Waals surface area (Å²) in [4.78, 5) is 5.10. The predicted octanol–water partition coefficient (Wildman–Crippen LogP) is 2.84. The van der Waals surface area contributed by atoms with Crippen molar-refractivity contribution in [3.63, 3.8) is 0 Å². The summed E-state index contributed by atoms with van der Waals surface area (Å²) in [6.07, 6.45) is 4.54. The third-order valence-corrected chi connectivity index (χ3v) is 5.99. The van der Waals surface area contributed by atoms with Gasteiger partial charge in [-0.1, -0.05) is 27.7 Å². The standard InChI is InChI=1S/C18H36N2O/c1-6-16-13-20(10-9-19(16)5)12-14-11-15(18(2,3)4)7-8-17(14)21/h14-17,21H,6-13H2,1-5H3. The van der Waals surface area contributed by atoms with Crippen LogP contribution in [-0.2, 0) is 0 Å². The smallest absolute Gasteiger partial charge is 0.0580 e. The fourth-order valence-corrected chi connectivity index (χ4v) is 4.18. The molecule has 0 bridgehead atoms. The van der Waals surface area contributed by atoms with E-state index in [9.17, 15) is 5.11 Å². The van der Waals surface area contributed by atoms with Crippen LogP contribution in [0.4, 0.5) is 0 Å². The highest BCUT2D eigenvalue weighted by Crippen LogP contribution is 2.40. The quantitative estimate of drug-likeness (QED) is 0.867. The number of aliphatic hydroxyl groups is 1. The minimum Gasteiger partial charge on any atom is -0.393 e. The Balaban J connectivity index is 1.91. The molecule has 1 heterocycles. The summed E-state index contributed by atoms with van der Waals surface area (Å²) in [5, 5.41) is 10.4. The first-order valence-corrected chi connectivity index (χ1v) is 8.92. The van der Waals surface area contributed by atoms with Crippen molar-refractivity contribution in [2.75, 3.05) is 33.2 Å². The molecule has 124 valence electrons. The van der Waals surface area contributed by atoms with Crippen molar-refractivity contribution in [1.82, 2.24) is 9.80 Å². The molecule has 3 heteroatoms. The Labute approximate surface area is 131 Å². The van der Waals surface area contributed by atoms with Crippen molar-refractivity contribution in [2.45, 2.75) is 65.5 Å². The van der Waals surface area contributed by atoms with Crippen molar-refractivity contribution >= 4 is 0 Å². The van der Waals surface area contributed by atoms with Crippen LogP contribution in [0.1, 0.15) is 53.4 Å². The zero-order valence-corrected chi connectivity index (χ0v) is 14.8. The molecule has 0 amide bonds. The number of rotatable bonds is 3. The van der Waals surface area contributed by atoms with E-state index in [1.807, 2.05) is 0 Å². The monoisotopic (exact) mass is 296 g/mol. The maximum atomic E-state index is 10.4. The van der Waals surface area contributed by atoms with Gasteiger partial charge in [0.15, 0.2) is 0 Å². The molecule has 0 aromatic heterocycles. The fraction of sp³-hybridized carbons (Fsp3) is 1.00. The van der Waals surface area contributed by atoms with Crippen LogP contribution in [0.5, 0.6) is 0 Å². The molecular formula is C18H36N2O. The summed E-state index contributed by atoms with van der Waals surface area (Å²) in [6, 6.07) is 0.692. The van der Waals surface area contributed by atoms with E-state index >= 15 is 0 Å². The zero-order valence-electron chi connectivity index (χ0n) is 14.8. The summed E-state index contributed by atoms with van der Waals surface area (Å²) in [5.41, 5.74) is 0.381. The normalized spacial score (nSPS) is 36.9. The van der Waals surface area contributed by atoms with Gasteiger partial charge in [-0.25, -0.2) is 0 Å². The molecule has 0 aromatic rings. The molecule has 4 atom stereocenters. The van der Waals surface area contributed by atoms with Gasteiger partial charge in [0.1, 0.15) is 0 Å². The molecule has 3 nitrogen and oxygen atoms in total. The summed E-state index contributed by atoms with van der Waals surface area (Å²) in [7, 11) is 2.25. The summed E-state index contributed by atoms with van der Waals surface area (Å²) in [5.74, 6) is 1.24. The lowest BCUT2D eigenvalue weighted by Gasteiger charge is -2.44. The van der Waals surface area contributed by atoms with E-state index in [4.69, 9.17) is 0 Å². The van der Waals surface area contributed by atoms with Crippen LogP contribution >= 0.6 is 0 Å². The minimum atomic E-state index is -0.0802. The summed E-state index contributed by atoms with van der Waals surface area (Å²) < 4.78 is 0. The number of nitrogens with zero attached hydrogens (tertiary/aromatic N) is 2. The zero-order chi connectivity index (χ0) is 15.6. The molecular weight excluding hydrogens is 260 g/mol. The molecule has 1 N–H and O–H groups in total. The molecule has 2 aliphatic rings. The lowest BCUT2D eigenvalue weighted by Crippen LogP contribution is -2.53. The number of hydrogen-bond acceptors (Lipinski definition) is 3. The van der Waals surface area contributed by atoms with Crippen LogP contribution in [0, 0.1) is 17.3 Å². The molecule has 21 heavy (non-hydrogen) atoms. The molecule has 2 rings (SSSR count). The van der Waals surface area contributed by atoms with Gasteiger partial charge in [0.25, 0.3) is 0 Å². The van der Waals surface area contributed by atoms with Crippen LogP contribution in [0.2, 0.25) is 0 Å². The van der Waals surface area contributed by atoms with E-state index in [0.29, 0.717) is 17.4 Å².